The Bertz CT molecular complexity index is 1090. The molecule has 4 rings (SSSR count). The predicted molar refractivity (Wildman–Crippen MR) is 117 cm³/mol. The lowest BCUT2D eigenvalue weighted by atomic mass is 9.71. The van der Waals surface area contributed by atoms with Crippen molar-refractivity contribution < 1.29 is 9.53 Å². The van der Waals surface area contributed by atoms with E-state index in [1.54, 1.807) is 25.3 Å². The maximum atomic E-state index is 13.6. The van der Waals surface area contributed by atoms with Gasteiger partial charge < -0.3 is 4.74 Å². The SMILES string of the molecule is COc1cccc(CCC2(c3ccccc3Cl)C(=O)N(N)c3ccc(Cl)cc32)c1. The van der Waals surface area contributed by atoms with E-state index in [2.05, 4.69) is 0 Å². The van der Waals surface area contributed by atoms with Gasteiger partial charge in [0.1, 0.15) is 11.2 Å². The van der Waals surface area contributed by atoms with Gasteiger partial charge in [-0.25, -0.2) is 10.9 Å². The van der Waals surface area contributed by atoms with Gasteiger partial charge in [0.25, 0.3) is 5.91 Å². The van der Waals surface area contributed by atoms with Crippen LogP contribution in [0.2, 0.25) is 10.0 Å². The van der Waals surface area contributed by atoms with Crippen LogP contribution in [0.25, 0.3) is 0 Å². The zero-order valence-corrected chi connectivity index (χ0v) is 17.4. The molecule has 6 heteroatoms. The molecule has 3 aromatic rings. The Hall–Kier alpha value is -2.53. The summed E-state index contributed by atoms with van der Waals surface area (Å²) in [6.45, 7) is 0. The largest absolute Gasteiger partial charge is 0.497 e. The standard InChI is InChI=1S/C23H20Cl2N2O2/c1-29-17-6-4-5-15(13-17)11-12-23(18-7-2-3-8-20(18)25)19-14-16(24)9-10-21(19)27(26)22(23)28/h2-10,13-14H,11-12,26H2,1H3. The molecule has 4 nitrogen and oxygen atoms in total. The van der Waals surface area contributed by atoms with Gasteiger partial charge in [0.05, 0.1) is 12.8 Å². The van der Waals surface area contributed by atoms with Crippen molar-refractivity contribution in [1.29, 1.82) is 0 Å². The molecule has 0 spiro atoms. The van der Waals surface area contributed by atoms with Crippen molar-refractivity contribution in [2.24, 2.45) is 5.84 Å². The van der Waals surface area contributed by atoms with Crippen LogP contribution < -0.4 is 15.6 Å². The lowest BCUT2D eigenvalue weighted by molar-refractivity contribution is -0.122. The number of halogens is 2. The molecular weight excluding hydrogens is 407 g/mol. The normalized spacial score (nSPS) is 18.1. The first kappa shape index (κ1) is 19.8. The van der Waals surface area contributed by atoms with E-state index in [1.165, 1.54) is 5.01 Å². The van der Waals surface area contributed by atoms with Crippen LogP contribution >= 0.6 is 23.2 Å². The van der Waals surface area contributed by atoms with Crippen LogP contribution in [-0.4, -0.2) is 13.0 Å². The van der Waals surface area contributed by atoms with Gasteiger partial charge in [0.2, 0.25) is 0 Å². The average molecular weight is 427 g/mol. The van der Waals surface area contributed by atoms with Gasteiger partial charge in [-0.3, -0.25) is 4.79 Å². The van der Waals surface area contributed by atoms with E-state index in [0.29, 0.717) is 28.6 Å². The Morgan fingerprint density at radius 1 is 1.00 bits per heavy atom. The van der Waals surface area contributed by atoms with Gasteiger partial charge >= 0.3 is 0 Å². The minimum Gasteiger partial charge on any atom is -0.497 e. The molecule has 0 saturated heterocycles. The third-order valence-corrected chi connectivity index (χ3v) is 6.08. The number of carbonyl (C=O) groups is 1. The van der Waals surface area contributed by atoms with Gasteiger partial charge in [-0.05, 0) is 65.9 Å². The summed E-state index contributed by atoms with van der Waals surface area (Å²) in [5.74, 6) is 6.75. The van der Waals surface area contributed by atoms with Crippen molar-refractivity contribution in [3.63, 3.8) is 0 Å². The van der Waals surface area contributed by atoms with Crippen LogP contribution in [0.4, 0.5) is 5.69 Å². The van der Waals surface area contributed by atoms with Gasteiger partial charge in [-0.15, -0.1) is 0 Å². The summed E-state index contributed by atoms with van der Waals surface area (Å²) in [4.78, 5) is 13.6. The topological polar surface area (TPSA) is 55.6 Å². The number of rotatable bonds is 5. The van der Waals surface area contributed by atoms with Crippen molar-refractivity contribution in [2.45, 2.75) is 18.3 Å². The summed E-state index contributed by atoms with van der Waals surface area (Å²) < 4.78 is 5.33. The number of nitrogens with zero attached hydrogens (tertiary/aromatic N) is 1. The third-order valence-electron chi connectivity index (χ3n) is 5.52. The maximum absolute atomic E-state index is 13.6. The van der Waals surface area contributed by atoms with Crippen molar-refractivity contribution in [3.8, 4) is 5.75 Å². The number of hydrazine groups is 1. The number of hydrogen-bond donors (Lipinski definition) is 1. The molecule has 0 fully saturated rings. The van der Waals surface area contributed by atoms with Crippen molar-refractivity contribution >= 4 is 34.8 Å². The molecule has 0 saturated carbocycles. The third kappa shape index (κ3) is 3.27. The molecular formula is C23H20Cl2N2O2. The van der Waals surface area contributed by atoms with Gasteiger partial charge in [0, 0.05) is 10.0 Å². The second-order valence-corrected chi connectivity index (χ2v) is 7.92. The molecule has 0 aliphatic carbocycles. The number of carbonyl (C=O) groups excluding carboxylic acids is 1. The van der Waals surface area contributed by atoms with E-state index in [1.807, 2.05) is 48.5 Å². The number of amides is 1. The van der Waals surface area contributed by atoms with E-state index in [-0.39, 0.29) is 5.91 Å². The van der Waals surface area contributed by atoms with Gasteiger partial charge in [-0.1, -0.05) is 53.5 Å². The fourth-order valence-corrected chi connectivity index (χ4v) is 4.56. The van der Waals surface area contributed by atoms with E-state index in [4.69, 9.17) is 33.8 Å². The molecule has 29 heavy (non-hydrogen) atoms. The highest BCUT2D eigenvalue weighted by Gasteiger charge is 2.52. The Morgan fingerprint density at radius 3 is 2.55 bits per heavy atom. The smallest absolute Gasteiger partial charge is 0.256 e. The van der Waals surface area contributed by atoms with Crippen LogP contribution in [-0.2, 0) is 16.6 Å². The zero-order valence-electron chi connectivity index (χ0n) is 15.9. The second kappa shape index (κ2) is 7.71. The lowest BCUT2D eigenvalue weighted by Gasteiger charge is -2.30. The molecule has 148 valence electrons. The molecule has 2 N–H and O–H groups in total. The molecule has 1 aliphatic heterocycles. The average Bonchev–Trinajstić information content (AvgIpc) is 2.94. The Balaban J connectivity index is 1.87. The summed E-state index contributed by atoms with van der Waals surface area (Å²) >= 11 is 12.9. The number of benzene rings is 3. The van der Waals surface area contributed by atoms with Crippen molar-refractivity contribution in [1.82, 2.24) is 0 Å². The fraction of sp³-hybridized carbons (Fsp3) is 0.174. The van der Waals surface area contributed by atoms with Gasteiger partial charge in [0.15, 0.2) is 0 Å². The lowest BCUT2D eigenvalue weighted by Crippen LogP contribution is -2.45. The maximum Gasteiger partial charge on any atom is 0.256 e. The molecule has 1 unspecified atom stereocenters. The van der Waals surface area contributed by atoms with Crippen molar-refractivity contribution in [3.05, 3.63) is 93.5 Å². The molecule has 0 aromatic heterocycles. The van der Waals surface area contributed by atoms with Crippen LogP contribution in [0.1, 0.15) is 23.1 Å². The van der Waals surface area contributed by atoms with Crippen LogP contribution in [0.15, 0.2) is 66.7 Å². The van der Waals surface area contributed by atoms with E-state index in [9.17, 15) is 4.79 Å². The highest BCUT2D eigenvalue weighted by Crippen LogP contribution is 2.50. The quantitative estimate of drug-likeness (QED) is 0.453. The summed E-state index contributed by atoms with van der Waals surface area (Å²) in [6.07, 6.45) is 1.12. The summed E-state index contributed by atoms with van der Waals surface area (Å²) in [6, 6.07) is 20.5. The predicted octanol–water partition coefficient (Wildman–Crippen LogP) is 5.14. The molecule has 3 aromatic carbocycles. The first-order chi connectivity index (χ1) is 14.0. The number of fused-ring (bicyclic) bond motifs is 1. The summed E-state index contributed by atoms with van der Waals surface area (Å²) in [7, 11) is 1.63. The Labute approximate surface area is 179 Å². The van der Waals surface area contributed by atoms with Gasteiger partial charge in [-0.2, -0.15) is 0 Å². The molecule has 0 bridgehead atoms. The number of hydrogen-bond acceptors (Lipinski definition) is 3. The molecule has 0 radical (unpaired) electrons. The minimum atomic E-state index is -1.02. The van der Waals surface area contributed by atoms with Crippen LogP contribution in [0.5, 0.6) is 5.75 Å². The zero-order chi connectivity index (χ0) is 20.6. The number of anilines is 1. The number of methoxy groups -OCH3 is 1. The van der Waals surface area contributed by atoms with E-state index in [0.717, 1.165) is 22.4 Å². The fourth-order valence-electron chi connectivity index (χ4n) is 4.09. The second-order valence-electron chi connectivity index (χ2n) is 7.07. The van der Waals surface area contributed by atoms with E-state index < -0.39 is 5.41 Å². The number of ether oxygens (including phenoxy) is 1. The number of aryl methyl sites for hydroxylation is 1. The first-order valence-corrected chi connectivity index (χ1v) is 10.00. The van der Waals surface area contributed by atoms with Crippen LogP contribution in [0, 0.1) is 0 Å². The summed E-state index contributed by atoms with van der Waals surface area (Å²) in [5, 5.41) is 2.28. The molecule has 1 heterocycles. The van der Waals surface area contributed by atoms with Crippen molar-refractivity contribution in [2.75, 3.05) is 12.1 Å². The molecule has 1 aliphatic rings. The molecule has 1 amide bonds. The van der Waals surface area contributed by atoms with Crippen LogP contribution in [0.3, 0.4) is 0 Å². The molecule has 1 atom stereocenters. The minimum absolute atomic E-state index is 0.217. The number of nitrogens with two attached hydrogens (primary N) is 1. The first-order valence-electron chi connectivity index (χ1n) is 9.24. The Kier molecular flexibility index (Phi) is 5.26. The highest BCUT2D eigenvalue weighted by molar-refractivity contribution is 6.32. The Morgan fingerprint density at radius 2 is 1.79 bits per heavy atom. The highest BCUT2D eigenvalue weighted by atomic mass is 35.5. The van der Waals surface area contributed by atoms with E-state index >= 15 is 0 Å². The monoisotopic (exact) mass is 426 g/mol. The summed E-state index contributed by atoms with van der Waals surface area (Å²) in [5.41, 5.74) is 2.18.